The Morgan fingerprint density at radius 2 is 2.28 bits per heavy atom. The number of hydrogen-bond acceptors (Lipinski definition) is 5. The topological polar surface area (TPSA) is 96.2 Å². The van der Waals surface area contributed by atoms with Crippen molar-refractivity contribution in [2.45, 2.75) is 0 Å². The number of nitrogens with zero attached hydrogens (tertiary/aromatic N) is 1. The van der Waals surface area contributed by atoms with Crippen LogP contribution in [0.4, 0.5) is 0 Å². The Labute approximate surface area is 103 Å². The summed E-state index contributed by atoms with van der Waals surface area (Å²) < 4.78 is 5.79. The van der Waals surface area contributed by atoms with Gasteiger partial charge in [0.1, 0.15) is 5.69 Å². The van der Waals surface area contributed by atoms with Crippen molar-refractivity contribution in [2.75, 3.05) is 0 Å². The van der Waals surface area contributed by atoms with Gasteiger partial charge in [-0.15, -0.1) is 0 Å². The van der Waals surface area contributed by atoms with Crippen molar-refractivity contribution >= 4 is 27.6 Å². The van der Waals surface area contributed by atoms with E-state index >= 15 is 0 Å². The molecule has 90 valence electrons. The van der Waals surface area contributed by atoms with Crippen molar-refractivity contribution in [3.8, 4) is 11.3 Å². The minimum absolute atomic E-state index is 0.0143. The minimum Gasteiger partial charge on any atom is -0.477 e. The van der Waals surface area contributed by atoms with Crippen molar-refractivity contribution < 1.29 is 14.3 Å². The monoisotopic (exact) mass is 262 g/mol. The first-order chi connectivity index (χ1) is 8.65. The molecule has 0 bridgehead atoms. The third kappa shape index (κ3) is 1.61. The molecule has 0 saturated carbocycles. The molecule has 3 aromatic rings. The Balaban J connectivity index is 2.24. The molecule has 7 heteroatoms. The summed E-state index contributed by atoms with van der Waals surface area (Å²) in [5, 5.41) is 15.1. The first-order valence-electron chi connectivity index (χ1n) is 4.97. The third-order valence-corrected chi connectivity index (χ3v) is 3.23. The summed E-state index contributed by atoms with van der Waals surface area (Å²) in [4.78, 5) is 21.6. The lowest BCUT2D eigenvalue weighted by molar-refractivity contribution is 0.0690. The second-order valence-electron chi connectivity index (χ2n) is 3.56. The van der Waals surface area contributed by atoms with Gasteiger partial charge in [0.25, 0.3) is 0 Å². The van der Waals surface area contributed by atoms with Gasteiger partial charge in [-0.2, -0.15) is 5.10 Å². The van der Waals surface area contributed by atoms with Crippen LogP contribution in [0.15, 0.2) is 33.5 Å². The molecular weight excluding hydrogens is 256 g/mol. The quantitative estimate of drug-likeness (QED) is 0.735. The maximum atomic E-state index is 11.2. The zero-order chi connectivity index (χ0) is 12.7. The van der Waals surface area contributed by atoms with Gasteiger partial charge in [-0.05, 0) is 18.2 Å². The fourth-order valence-electron chi connectivity index (χ4n) is 1.67. The highest BCUT2D eigenvalue weighted by atomic mass is 32.1. The zero-order valence-corrected chi connectivity index (χ0v) is 9.65. The number of benzene rings is 1. The summed E-state index contributed by atoms with van der Waals surface area (Å²) in [6, 6.07) is 6.64. The summed E-state index contributed by atoms with van der Waals surface area (Å²) >= 11 is 0.998. The first kappa shape index (κ1) is 10.7. The summed E-state index contributed by atoms with van der Waals surface area (Å²) in [6.07, 6.45) is 0. The summed E-state index contributed by atoms with van der Waals surface area (Å²) in [5.41, 5.74) is 1.43. The number of para-hydroxylation sites is 1. The van der Waals surface area contributed by atoms with Crippen molar-refractivity contribution in [1.29, 1.82) is 0 Å². The van der Waals surface area contributed by atoms with Crippen LogP contribution in [-0.4, -0.2) is 21.3 Å². The van der Waals surface area contributed by atoms with Gasteiger partial charge >= 0.3 is 10.9 Å². The molecular formula is C11H6N2O4S. The molecule has 0 aliphatic carbocycles. The third-order valence-electron chi connectivity index (χ3n) is 2.44. The fourth-order valence-corrected chi connectivity index (χ4v) is 2.36. The number of nitrogens with one attached hydrogen (secondary N) is 1. The van der Waals surface area contributed by atoms with E-state index < -0.39 is 10.9 Å². The van der Waals surface area contributed by atoms with E-state index in [0.29, 0.717) is 21.5 Å². The van der Waals surface area contributed by atoms with E-state index in [1.807, 2.05) is 0 Å². The van der Waals surface area contributed by atoms with Crippen LogP contribution in [0.1, 0.15) is 10.5 Å². The smallest absolute Gasteiger partial charge is 0.396 e. The Morgan fingerprint density at radius 3 is 3.00 bits per heavy atom. The molecule has 1 aromatic carbocycles. The standard InChI is InChI=1S/C11H6N2O4S/c14-10(15)7-4-6(12-13-7)5-2-1-3-8-9(5)17-11(16)18-8/h1-4H,(H,12,13)(H,14,15). The number of carbonyl (C=O) groups is 1. The Hall–Kier alpha value is -2.41. The van der Waals surface area contributed by atoms with E-state index in [-0.39, 0.29) is 5.69 Å². The summed E-state index contributed by atoms with van der Waals surface area (Å²) in [5.74, 6) is -1.09. The van der Waals surface area contributed by atoms with Gasteiger partial charge in [0.05, 0.1) is 10.4 Å². The molecule has 0 unspecified atom stereocenters. The molecule has 0 amide bonds. The number of hydrogen-bond donors (Lipinski definition) is 2. The van der Waals surface area contributed by atoms with Crippen LogP contribution in [0.3, 0.4) is 0 Å². The van der Waals surface area contributed by atoms with Gasteiger partial charge in [0, 0.05) is 5.56 Å². The van der Waals surface area contributed by atoms with Crippen LogP contribution >= 0.6 is 11.3 Å². The van der Waals surface area contributed by atoms with Gasteiger partial charge in [-0.25, -0.2) is 9.59 Å². The number of H-pyrrole nitrogens is 1. The van der Waals surface area contributed by atoms with Crippen molar-refractivity contribution in [3.05, 3.63) is 39.7 Å². The van der Waals surface area contributed by atoms with Gasteiger partial charge in [0.2, 0.25) is 0 Å². The molecule has 0 fully saturated rings. The molecule has 0 saturated heterocycles. The average molecular weight is 262 g/mol. The molecule has 2 N–H and O–H groups in total. The predicted octanol–water partition coefficient (Wildman–Crippen LogP) is 1.94. The van der Waals surface area contributed by atoms with E-state index in [4.69, 9.17) is 9.52 Å². The Kier molecular flexibility index (Phi) is 2.27. The lowest BCUT2D eigenvalue weighted by Crippen LogP contribution is -1.95. The number of fused-ring (bicyclic) bond motifs is 1. The number of aromatic amines is 1. The summed E-state index contributed by atoms with van der Waals surface area (Å²) in [7, 11) is 0. The molecule has 2 heterocycles. The van der Waals surface area contributed by atoms with Crippen molar-refractivity contribution in [3.63, 3.8) is 0 Å². The molecule has 0 aliphatic heterocycles. The van der Waals surface area contributed by atoms with Gasteiger partial charge < -0.3 is 9.52 Å². The van der Waals surface area contributed by atoms with Crippen LogP contribution < -0.4 is 4.94 Å². The number of carboxylic acids is 1. The van der Waals surface area contributed by atoms with Crippen LogP contribution in [0.2, 0.25) is 0 Å². The number of aromatic carboxylic acids is 1. The highest BCUT2D eigenvalue weighted by Gasteiger charge is 2.14. The predicted molar refractivity (Wildman–Crippen MR) is 64.9 cm³/mol. The molecule has 0 aliphatic rings. The highest BCUT2D eigenvalue weighted by molar-refractivity contribution is 7.16. The highest BCUT2D eigenvalue weighted by Crippen LogP contribution is 2.28. The van der Waals surface area contributed by atoms with Crippen LogP contribution in [-0.2, 0) is 0 Å². The summed E-state index contributed by atoms with van der Waals surface area (Å²) in [6.45, 7) is 0. The SMILES string of the molecule is O=C(O)c1cc(-c2cccc3sc(=O)oc23)n[nH]1. The maximum absolute atomic E-state index is 11.2. The van der Waals surface area contributed by atoms with Crippen molar-refractivity contribution in [1.82, 2.24) is 10.2 Å². The van der Waals surface area contributed by atoms with Crippen molar-refractivity contribution in [2.24, 2.45) is 0 Å². The number of rotatable bonds is 2. The molecule has 18 heavy (non-hydrogen) atoms. The second kappa shape index (κ2) is 3.81. The molecule has 0 spiro atoms. The second-order valence-corrected chi connectivity index (χ2v) is 4.54. The van der Waals surface area contributed by atoms with Gasteiger partial charge in [-0.1, -0.05) is 17.4 Å². The van der Waals surface area contributed by atoms with E-state index in [0.717, 1.165) is 11.3 Å². The molecule has 0 atom stereocenters. The maximum Gasteiger partial charge on any atom is 0.396 e. The average Bonchev–Trinajstić information content (AvgIpc) is 2.92. The molecule has 0 radical (unpaired) electrons. The Morgan fingerprint density at radius 1 is 1.44 bits per heavy atom. The van der Waals surface area contributed by atoms with E-state index in [1.54, 1.807) is 18.2 Å². The van der Waals surface area contributed by atoms with Gasteiger partial charge in [-0.3, -0.25) is 5.10 Å². The lowest BCUT2D eigenvalue weighted by Gasteiger charge is -1.95. The van der Waals surface area contributed by atoms with Crippen LogP contribution in [0.5, 0.6) is 0 Å². The lowest BCUT2D eigenvalue weighted by atomic mass is 10.1. The number of carboxylic acid groups (broad SMARTS) is 1. The minimum atomic E-state index is -1.09. The molecule has 3 rings (SSSR count). The molecule has 6 nitrogen and oxygen atoms in total. The van der Waals surface area contributed by atoms with Crippen LogP contribution in [0, 0.1) is 0 Å². The fraction of sp³-hybridized carbons (Fsp3) is 0. The molecule has 2 aromatic heterocycles. The Bertz CT molecular complexity index is 799. The zero-order valence-electron chi connectivity index (χ0n) is 8.84. The van der Waals surface area contributed by atoms with E-state index in [1.165, 1.54) is 6.07 Å². The van der Waals surface area contributed by atoms with Crippen LogP contribution in [0.25, 0.3) is 21.5 Å². The van der Waals surface area contributed by atoms with Gasteiger partial charge in [0.15, 0.2) is 5.58 Å². The van der Waals surface area contributed by atoms with E-state index in [9.17, 15) is 9.59 Å². The first-order valence-corrected chi connectivity index (χ1v) is 5.78. The number of aromatic nitrogens is 2. The van der Waals surface area contributed by atoms with E-state index in [2.05, 4.69) is 10.2 Å². The normalized spacial score (nSPS) is 10.9. The largest absolute Gasteiger partial charge is 0.477 e.